The average molecular weight is 236 g/mol. The van der Waals surface area contributed by atoms with Gasteiger partial charge in [-0.05, 0) is 31.1 Å². The van der Waals surface area contributed by atoms with Gasteiger partial charge in [0.2, 0.25) is 0 Å². The molecule has 0 aliphatic carbocycles. The van der Waals surface area contributed by atoms with Gasteiger partial charge in [0.25, 0.3) is 0 Å². The molecule has 1 aromatic carbocycles. The van der Waals surface area contributed by atoms with Gasteiger partial charge in [0.05, 0.1) is 6.61 Å². The van der Waals surface area contributed by atoms with Crippen molar-refractivity contribution < 1.29 is 4.74 Å². The van der Waals surface area contributed by atoms with Crippen LogP contribution >= 0.6 is 0 Å². The second-order valence-electron chi connectivity index (χ2n) is 4.41. The smallest absolute Gasteiger partial charge is 0.0713 e. The zero-order valence-corrected chi connectivity index (χ0v) is 11.1. The lowest BCUT2D eigenvalue weighted by Crippen LogP contribution is -2.31. The highest BCUT2D eigenvalue weighted by Crippen LogP contribution is 2.19. The van der Waals surface area contributed by atoms with Gasteiger partial charge in [0, 0.05) is 19.7 Å². The molecule has 0 fully saturated rings. The van der Waals surface area contributed by atoms with E-state index < -0.39 is 0 Å². The lowest BCUT2D eigenvalue weighted by atomic mass is 10.0. The Morgan fingerprint density at radius 3 is 2.76 bits per heavy atom. The minimum Gasteiger partial charge on any atom is -0.380 e. The molecule has 1 aromatic rings. The van der Waals surface area contributed by atoms with Crippen LogP contribution in [0, 0.1) is 0 Å². The molecule has 3 heteroatoms. The highest BCUT2D eigenvalue weighted by molar-refractivity contribution is 5.26. The molecule has 1 atom stereocenters. The molecule has 3 nitrogen and oxygen atoms in total. The Labute approximate surface area is 105 Å². The number of benzene rings is 1. The third-order valence-electron chi connectivity index (χ3n) is 2.98. The Bertz CT molecular complexity index is 328. The number of ether oxygens (including phenoxy) is 1. The molecule has 96 valence electrons. The van der Waals surface area contributed by atoms with Crippen LogP contribution in [0.2, 0.25) is 0 Å². The standard InChI is InChI=1S/C14H24N2O/c1-4-8-16(2)14(10-15)13-7-5-6-12(9-13)11-17-3/h5-7,9,14H,4,8,10-11,15H2,1-3H3. The van der Waals surface area contributed by atoms with Crippen molar-refractivity contribution in [3.63, 3.8) is 0 Å². The van der Waals surface area contributed by atoms with Crippen molar-refractivity contribution in [2.45, 2.75) is 26.0 Å². The van der Waals surface area contributed by atoms with E-state index in [1.807, 2.05) is 0 Å². The van der Waals surface area contributed by atoms with Crippen LogP contribution in [0.15, 0.2) is 24.3 Å². The van der Waals surface area contributed by atoms with Crippen LogP contribution in [0.5, 0.6) is 0 Å². The Balaban J connectivity index is 2.83. The Morgan fingerprint density at radius 1 is 1.41 bits per heavy atom. The number of hydrogen-bond donors (Lipinski definition) is 1. The number of nitrogens with zero attached hydrogens (tertiary/aromatic N) is 1. The molecule has 0 aromatic heterocycles. The summed E-state index contributed by atoms with van der Waals surface area (Å²) >= 11 is 0. The van der Waals surface area contributed by atoms with Gasteiger partial charge in [-0.3, -0.25) is 4.90 Å². The minimum atomic E-state index is 0.298. The highest BCUT2D eigenvalue weighted by Gasteiger charge is 2.14. The molecule has 0 spiro atoms. The van der Waals surface area contributed by atoms with Gasteiger partial charge < -0.3 is 10.5 Å². The molecule has 0 radical (unpaired) electrons. The van der Waals surface area contributed by atoms with Gasteiger partial charge in [-0.25, -0.2) is 0 Å². The molecule has 0 saturated heterocycles. The van der Waals surface area contributed by atoms with Crippen LogP contribution in [0.4, 0.5) is 0 Å². The number of methoxy groups -OCH3 is 1. The van der Waals surface area contributed by atoms with Gasteiger partial charge in [0.15, 0.2) is 0 Å². The second-order valence-corrected chi connectivity index (χ2v) is 4.41. The van der Waals surface area contributed by atoms with Gasteiger partial charge in [0.1, 0.15) is 0 Å². The molecule has 0 saturated carbocycles. The van der Waals surface area contributed by atoms with Gasteiger partial charge in [-0.2, -0.15) is 0 Å². The van der Waals surface area contributed by atoms with Crippen LogP contribution in [-0.4, -0.2) is 32.1 Å². The fourth-order valence-electron chi connectivity index (χ4n) is 2.14. The van der Waals surface area contributed by atoms with Crippen LogP contribution in [-0.2, 0) is 11.3 Å². The lowest BCUT2D eigenvalue weighted by molar-refractivity contribution is 0.184. The van der Waals surface area contributed by atoms with Gasteiger partial charge in [-0.15, -0.1) is 0 Å². The van der Waals surface area contributed by atoms with Crippen LogP contribution < -0.4 is 5.73 Å². The topological polar surface area (TPSA) is 38.5 Å². The zero-order valence-electron chi connectivity index (χ0n) is 11.1. The first-order chi connectivity index (χ1) is 8.22. The molecular weight excluding hydrogens is 212 g/mol. The largest absolute Gasteiger partial charge is 0.380 e. The van der Waals surface area contributed by atoms with E-state index in [1.54, 1.807) is 7.11 Å². The fourth-order valence-corrected chi connectivity index (χ4v) is 2.14. The van der Waals surface area contributed by atoms with Crippen molar-refractivity contribution in [3.8, 4) is 0 Å². The molecule has 1 rings (SSSR count). The summed E-state index contributed by atoms with van der Waals surface area (Å²) in [6.45, 7) is 4.55. The molecule has 0 bridgehead atoms. The summed E-state index contributed by atoms with van der Waals surface area (Å²) in [7, 11) is 3.85. The third-order valence-corrected chi connectivity index (χ3v) is 2.98. The zero-order chi connectivity index (χ0) is 12.7. The first-order valence-corrected chi connectivity index (χ1v) is 6.21. The summed E-state index contributed by atoms with van der Waals surface area (Å²) in [5.41, 5.74) is 8.37. The van der Waals surface area contributed by atoms with Crippen molar-refractivity contribution in [1.29, 1.82) is 0 Å². The molecule has 17 heavy (non-hydrogen) atoms. The Hall–Kier alpha value is -0.900. The van der Waals surface area contributed by atoms with E-state index >= 15 is 0 Å². The van der Waals surface area contributed by atoms with Crippen molar-refractivity contribution in [2.24, 2.45) is 5.73 Å². The summed E-state index contributed by atoms with van der Waals surface area (Å²) in [5.74, 6) is 0. The minimum absolute atomic E-state index is 0.298. The first-order valence-electron chi connectivity index (χ1n) is 6.21. The van der Waals surface area contributed by atoms with Gasteiger partial charge >= 0.3 is 0 Å². The van der Waals surface area contributed by atoms with E-state index in [2.05, 4.69) is 43.1 Å². The SMILES string of the molecule is CCCN(C)C(CN)c1cccc(COC)c1. The number of likely N-dealkylation sites (N-methyl/N-ethyl adjacent to an activating group) is 1. The number of rotatable bonds is 7. The van der Waals surface area contributed by atoms with E-state index in [-0.39, 0.29) is 0 Å². The Kier molecular flexibility index (Phi) is 6.19. The molecule has 0 amide bonds. The molecular formula is C14H24N2O. The maximum Gasteiger partial charge on any atom is 0.0713 e. The number of hydrogen-bond acceptors (Lipinski definition) is 3. The van der Waals surface area contributed by atoms with Crippen molar-refractivity contribution in [1.82, 2.24) is 4.90 Å². The van der Waals surface area contributed by atoms with Crippen molar-refractivity contribution in [3.05, 3.63) is 35.4 Å². The van der Waals surface area contributed by atoms with E-state index in [1.165, 1.54) is 11.1 Å². The first kappa shape index (κ1) is 14.2. The summed E-state index contributed by atoms with van der Waals surface area (Å²) in [6.07, 6.45) is 1.14. The van der Waals surface area contributed by atoms with Crippen LogP contribution in [0.1, 0.15) is 30.5 Å². The van der Waals surface area contributed by atoms with E-state index in [0.29, 0.717) is 19.2 Å². The van der Waals surface area contributed by atoms with E-state index in [0.717, 1.165) is 13.0 Å². The molecule has 0 heterocycles. The molecule has 2 N–H and O–H groups in total. The number of nitrogens with two attached hydrogens (primary N) is 1. The van der Waals surface area contributed by atoms with Gasteiger partial charge in [-0.1, -0.05) is 31.2 Å². The summed E-state index contributed by atoms with van der Waals surface area (Å²) in [6, 6.07) is 8.79. The van der Waals surface area contributed by atoms with E-state index in [9.17, 15) is 0 Å². The predicted octanol–water partition coefficient (Wildman–Crippen LogP) is 2.17. The van der Waals surface area contributed by atoms with Crippen molar-refractivity contribution in [2.75, 3.05) is 27.2 Å². The van der Waals surface area contributed by atoms with Crippen molar-refractivity contribution >= 4 is 0 Å². The highest BCUT2D eigenvalue weighted by atomic mass is 16.5. The second kappa shape index (κ2) is 7.43. The van der Waals surface area contributed by atoms with Crippen LogP contribution in [0.3, 0.4) is 0 Å². The van der Waals surface area contributed by atoms with Crippen LogP contribution in [0.25, 0.3) is 0 Å². The summed E-state index contributed by atoms with van der Waals surface area (Å²) in [4.78, 5) is 2.31. The normalized spacial score (nSPS) is 13.0. The molecule has 0 aliphatic heterocycles. The summed E-state index contributed by atoms with van der Waals surface area (Å²) in [5, 5.41) is 0. The lowest BCUT2D eigenvalue weighted by Gasteiger charge is -2.27. The fraction of sp³-hybridized carbons (Fsp3) is 0.571. The monoisotopic (exact) mass is 236 g/mol. The summed E-state index contributed by atoms with van der Waals surface area (Å²) < 4.78 is 5.16. The third kappa shape index (κ3) is 4.11. The Morgan fingerprint density at radius 2 is 2.18 bits per heavy atom. The quantitative estimate of drug-likeness (QED) is 0.788. The maximum atomic E-state index is 5.89. The average Bonchev–Trinajstić information content (AvgIpc) is 2.31. The maximum absolute atomic E-state index is 5.89. The predicted molar refractivity (Wildman–Crippen MR) is 71.9 cm³/mol. The molecule has 1 unspecified atom stereocenters. The van der Waals surface area contributed by atoms with E-state index in [4.69, 9.17) is 10.5 Å². The molecule has 0 aliphatic rings.